The number of hydrogen-bond acceptors (Lipinski definition) is 5. The molecule has 1 unspecified atom stereocenters. The number of methoxy groups -OCH3 is 3. The highest BCUT2D eigenvalue weighted by Gasteiger charge is 2.44. The summed E-state index contributed by atoms with van der Waals surface area (Å²) in [6.45, 7) is 3.38. The van der Waals surface area contributed by atoms with Crippen LogP contribution in [0, 0.1) is 5.92 Å². The highest BCUT2D eigenvalue weighted by molar-refractivity contribution is 6.30. The van der Waals surface area contributed by atoms with Crippen LogP contribution >= 0.6 is 0 Å². The van der Waals surface area contributed by atoms with Crippen LogP contribution in [-0.4, -0.2) is 39.9 Å². The van der Waals surface area contributed by atoms with E-state index in [1.807, 2.05) is 0 Å². The van der Waals surface area contributed by atoms with Gasteiger partial charge >= 0.3 is 12.1 Å². The molecule has 9 heteroatoms. The van der Waals surface area contributed by atoms with Crippen molar-refractivity contribution >= 4 is 28.7 Å². The van der Waals surface area contributed by atoms with Crippen molar-refractivity contribution in [2.24, 2.45) is 5.92 Å². The Morgan fingerprint density at radius 1 is 1.12 bits per heavy atom. The van der Waals surface area contributed by atoms with Crippen molar-refractivity contribution in [2.75, 3.05) is 33.0 Å². The smallest absolute Gasteiger partial charge is 0.417 e. The quantitative estimate of drug-likeness (QED) is 0.419. The van der Waals surface area contributed by atoms with Crippen molar-refractivity contribution in [1.82, 2.24) is 0 Å². The first-order valence-electron chi connectivity index (χ1n) is 10.3. The Morgan fingerprint density at radius 3 is 2.41 bits per heavy atom. The van der Waals surface area contributed by atoms with E-state index in [2.05, 4.69) is 6.58 Å². The molecule has 6 nitrogen and oxygen atoms in total. The van der Waals surface area contributed by atoms with Crippen LogP contribution in [-0.2, 0) is 25.2 Å². The van der Waals surface area contributed by atoms with Gasteiger partial charge in [-0.2, -0.15) is 13.2 Å². The molecule has 0 aliphatic carbocycles. The second kappa shape index (κ2) is 10.1. The highest BCUT2D eigenvalue weighted by atomic mass is 19.4. The molecule has 2 aromatic carbocycles. The van der Waals surface area contributed by atoms with Crippen LogP contribution in [0.15, 0.2) is 55.1 Å². The zero-order valence-corrected chi connectivity index (χ0v) is 18.9. The van der Waals surface area contributed by atoms with E-state index in [4.69, 9.17) is 14.2 Å². The molecule has 0 bridgehead atoms. The van der Waals surface area contributed by atoms with E-state index < -0.39 is 35.1 Å². The number of para-hydroxylation sites is 1. The lowest BCUT2D eigenvalue weighted by Crippen LogP contribution is -2.37. The lowest BCUT2D eigenvalue weighted by Gasteiger charge is -2.26. The van der Waals surface area contributed by atoms with Crippen LogP contribution in [0.3, 0.4) is 0 Å². The molecule has 0 fully saturated rings. The van der Waals surface area contributed by atoms with Gasteiger partial charge in [-0.3, -0.25) is 9.69 Å². The molecular formula is C25H24F3NO5. The third-order valence-electron chi connectivity index (χ3n) is 5.52. The molecule has 1 aliphatic rings. The van der Waals surface area contributed by atoms with Crippen molar-refractivity contribution < 1.29 is 37.0 Å². The number of amides is 1. The molecular weight excluding hydrogens is 451 g/mol. The fraction of sp³-hybridized carbons (Fsp3) is 0.280. The number of nitrogens with zero attached hydrogens (tertiary/aromatic N) is 1. The number of benzene rings is 2. The van der Waals surface area contributed by atoms with E-state index >= 15 is 0 Å². The average Bonchev–Trinajstić information content (AvgIpc) is 2.92. The molecule has 1 heterocycles. The number of anilines is 1. The van der Waals surface area contributed by atoms with Gasteiger partial charge in [-0.05, 0) is 30.2 Å². The zero-order valence-electron chi connectivity index (χ0n) is 18.9. The van der Waals surface area contributed by atoms with Crippen molar-refractivity contribution in [3.63, 3.8) is 0 Å². The van der Waals surface area contributed by atoms with Gasteiger partial charge in [0.2, 0.25) is 5.91 Å². The summed E-state index contributed by atoms with van der Waals surface area (Å²) >= 11 is 0. The van der Waals surface area contributed by atoms with E-state index in [-0.39, 0.29) is 35.7 Å². The first-order chi connectivity index (χ1) is 16.2. The monoisotopic (exact) mass is 475 g/mol. The summed E-state index contributed by atoms with van der Waals surface area (Å²) in [5.74, 6) is -2.35. The van der Waals surface area contributed by atoms with Gasteiger partial charge in [0.05, 0.1) is 37.0 Å². The molecule has 0 N–H and O–H groups in total. The van der Waals surface area contributed by atoms with E-state index in [1.165, 1.54) is 32.4 Å². The Morgan fingerprint density at radius 2 is 1.82 bits per heavy atom. The summed E-state index contributed by atoms with van der Waals surface area (Å²) in [7, 11) is 3.79. The minimum atomic E-state index is -4.82. The Labute approximate surface area is 195 Å². The first kappa shape index (κ1) is 25.0. The first-order valence-corrected chi connectivity index (χ1v) is 10.3. The standard InChI is InChI=1S/C25H24F3NO5/c1-5-9-16-20(15-10-6-7-13-19(15)33-3)22(24(31)34-4)21-17(25(26,27)28)11-8-12-18(21)29(14-32-2)23(16)30/h5-8,10-13,16H,1,9,14H2,2-4H3. The summed E-state index contributed by atoms with van der Waals surface area (Å²) in [6.07, 6.45) is -3.31. The van der Waals surface area contributed by atoms with Crippen LogP contribution in [0.1, 0.15) is 23.1 Å². The fourth-order valence-corrected chi connectivity index (χ4v) is 4.15. The lowest BCUT2D eigenvalue weighted by atomic mass is 9.82. The molecule has 1 aliphatic heterocycles. The third kappa shape index (κ3) is 4.43. The number of hydrogen-bond donors (Lipinski definition) is 0. The molecule has 180 valence electrons. The zero-order chi connectivity index (χ0) is 25.0. The minimum absolute atomic E-state index is 0.0439. The number of carbonyl (C=O) groups excluding carboxylic acids is 2. The number of esters is 1. The molecule has 0 spiro atoms. The average molecular weight is 475 g/mol. The highest BCUT2D eigenvalue weighted by Crippen LogP contribution is 2.49. The SMILES string of the molecule is C=CCC1C(=O)N(COC)c2cccc(C(F)(F)F)c2C(C(=O)OC)=C1c1ccccc1OC. The molecule has 1 amide bonds. The van der Waals surface area contributed by atoms with E-state index in [1.54, 1.807) is 24.3 Å². The van der Waals surface area contributed by atoms with Gasteiger partial charge < -0.3 is 14.2 Å². The molecule has 1 atom stereocenters. The van der Waals surface area contributed by atoms with Crippen molar-refractivity contribution in [3.8, 4) is 5.75 Å². The van der Waals surface area contributed by atoms with Gasteiger partial charge in [0.15, 0.2) is 0 Å². The number of halogens is 3. The molecule has 0 saturated heterocycles. The second-order valence-corrected chi connectivity index (χ2v) is 7.44. The summed E-state index contributed by atoms with van der Waals surface area (Å²) in [4.78, 5) is 28.1. The number of rotatable bonds is 7. The van der Waals surface area contributed by atoms with Crippen LogP contribution < -0.4 is 9.64 Å². The summed E-state index contributed by atoms with van der Waals surface area (Å²) in [5.41, 5.74) is -1.65. The van der Waals surface area contributed by atoms with Crippen molar-refractivity contribution in [3.05, 3.63) is 71.8 Å². The van der Waals surface area contributed by atoms with Crippen LogP contribution in [0.2, 0.25) is 0 Å². The number of ether oxygens (including phenoxy) is 3. The maximum Gasteiger partial charge on any atom is 0.417 e. The molecule has 0 saturated carbocycles. The summed E-state index contributed by atoms with van der Waals surface area (Å²) in [6, 6.07) is 9.90. The van der Waals surface area contributed by atoms with Gasteiger partial charge in [-0.15, -0.1) is 6.58 Å². The Kier molecular flexibility index (Phi) is 7.46. The number of carbonyl (C=O) groups is 2. The molecule has 34 heavy (non-hydrogen) atoms. The number of allylic oxidation sites excluding steroid dienone is 1. The van der Waals surface area contributed by atoms with E-state index in [0.29, 0.717) is 5.56 Å². The second-order valence-electron chi connectivity index (χ2n) is 7.44. The van der Waals surface area contributed by atoms with Crippen LogP contribution in [0.5, 0.6) is 5.75 Å². The van der Waals surface area contributed by atoms with Crippen molar-refractivity contribution in [1.29, 1.82) is 0 Å². The summed E-state index contributed by atoms with van der Waals surface area (Å²) < 4.78 is 58.2. The normalized spacial score (nSPS) is 16.1. The number of fused-ring (bicyclic) bond motifs is 1. The third-order valence-corrected chi connectivity index (χ3v) is 5.52. The van der Waals surface area contributed by atoms with Gasteiger partial charge in [0.1, 0.15) is 12.5 Å². The van der Waals surface area contributed by atoms with Crippen molar-refractivity contribution in [2.45, 2.75) is 12.6 Å². The summed E-state index contributed by atoms with van der Waals surface area (Å²) in [5, 5.41) is 0. The van der Waals surface area contributed by atoms with Crippen LogP contribution in [0.25, 0.3) is 11.1 Å². The predicted molar refractivity (Wildman–Crippen MR) is 121 cm³/mol. The molecule has 2 aromatic rings. The van der Waals surface area contributed by atoms with E-state index in [0.717, 1.165) is 18.1 Å². The number of alkyl halides is 3. The predicted octanol–water partition coefficient (Wildman–Crippen LogP) is 4.94. The topological polar surface area (TPSA) is 65.1 Å². The molecule has 0 radical (unpaired) electrons. The Hall–Kier alpha value is -3.59. The van der Waals surface area contributed by atoms with Gasteiger partial charge in [-0.25, -0.2) is 4.79 Å². The van der Waals surface area contributed by atoms with Gasteiger partial charge in [0.25, 0.3) is 0 Å². The van der Waals surface area contributed by atoms with Gasteiger partial charge in [0, 0.05) is 18.2 Å². The maximum absolute atomic E-state index is 14.2. The van der Waals surface area contributed by atoms with Gasteiger partial charge in [-0.1, -0.05) is 30.3 Å². The Balaban J connectivity index is 2.60. The fourth-order valence-electron chi connectivity index (χ4n) is 4.15. The lowest BCUT2D eigenvalue weighted by molar-refractivity contribution is -0.138. The molecule has 0 aromatic heterocycles. The molecule has 3 rings (SSSR count). The maximum atomic E-state index is 14.2. The minimum Gasteiger partial charge on any atom is -0.496 e. The van der Waals surface area contributed by atoms with Crippen LogP contribution in [0.4, 0.5) is 18.9 Å². The Bertz CT molecular complexity index is 1140. The van der Waals surface area contributed by atoms with E-state index in [9.17, 15) is 22.8 Å². The largest absolute Gasteiger partial charge is 0.496 e.